The van der Waals surface area contributed by atoms with E-state index in [9.17, 15) is 19.5 Å². The van der Waals surface area contributed by atoms with Gasteiger partial charge in [-0.15, -0.1) is 0 Å². The molecule has 2 atom stereocenters. The van der Waals surface area contributed by atoms with Crippen LogP contribution in [0.4, 0.5) is 5.69 Å². The summed E-state index contributed by atoms with van der Waals surface area (Å²) in [5, 5.41) is 10.3. The molecule has 2 aliphatic rings. The second kappa shape index (κ2) is 7.89. The largest absolute Gasteiger partial charge is 0.458 e. The molecule has 1 N–H and O–H groups in total. The number of aliphatic hydroxyl groups excluding tert-OH is 1. The molecule has 0 aromatic heterocycles. The van der Waals surface area contributed by atoms with Crippen LogP contribution in [0.3, 0.4) is 0 Å². The molecule has 0 radical (unpaired) electrons. The van der Waals surface area contributed by atoms with Crippen molar-refractivity contribution in [2.45, 2.75) is 45.0 Å². The van der Waals surface area contributed by atoms with E-state index in [-0.39, 0.29) is 19.1 Å². The first-order valence-electron chi connectivity index (χ1n) is 9.40. The second-order valence-corrected chi connectivity index (χ2v) is 7.96. The zero-order valence-electron chi connectivity index (χ0n) is 16.4. The van der Waals surface area contributed by atoms with E-state index in [0.717, 1.165) is 19.5 Å². The third-order valence-electron chi connectivity index (χ3n) is 4.60. The van der Waals surface area contributed by atoms with Gasteiger partial charge in [0, 0.05) is 30.9 Å². The third kappa shape index (κ3) is 4.34. The summed E-state index contributed by atoms with van der Waals surface area (Å²) in [4.78, 5) is 40.6. The Morgan fingerprint density at radius 2 is 1.96 bits per heavy atom. The standard InChI is InChI=1S/C20H26N2O6/c1-20(2,3)28-19(26)15(23)16-18(25)22(10-11-27-16)14-7-4-6-13(12-14)17(24)21-8-5-9-21/h4,6-7,12,15-16,23H,5,8-11H2,1-3H3/t15-,16-/m1/s1. The van der Waals surface area contributed by atoms with Gasteiger partial charge >= 0.3 is 5.97 Å². The van der Waals surface area contributed by atoms with Crippen LogP contribution in [0, 0.1) is 0 Å². The number of carbonyl (C=O) groups is 3. The molecular weight excluding hydrogens is 364 g/mol. The van der Waals surface area contributed by atoms with E-state index in [1.54, 1.807) is 49.9 Å². The number of esters is 1. The predicted octanol–water partition coefficient (Wildman–Crippen LogP) is 0.967. The van der Waals surface area contributed by atoms with E-state index in [4.69, 9.17) is 9.47 Å². The van der Waals surface area contributed by atoms with Gasteiger partial charge in [0.15, 0.2) is 12.2 Å². The summed E-state index contributed by atoms with van der Waals surface area (Å²) in [6.45, 7) is 6.92. The normalized spacial score (nSPS) is 21.1. The van der Waals surface area contributed by atoms with Crippen molar-refractivity contribution in [3.05, 3.63) is 29.8 Å². The van der Waals surface area contributed by atoms with E-state index < -0.39 is 29.7 Å². The summed E-state index contributed by atoms with van der Waals surface area (Å²) in [5.74, 6) is -1.52. The Morgan fingerprint density at radius 3 is 2.57 bits per heavy atom. The van der Waals surface area contributed by atoms with E-state index in [1.807, 2.05) is 0 Å². The van der Waals surface area contributed by atoms with Crippen molar-refractivity contribution in [2.75, 3.05) is 31.1 Å². The van der Waals surface area contributed by atoms with Gasteiger partial charge in [0.25, 0.3) is 11.8 Å². The van der Waals surface area contributed by atoms with E-state index in [1.165, 1.54) is 4.90 Å². The number of benzene rings is 1. The van der Waals surface area contributed by atoms with Crippen LogP contribution in [0.25, 0.3) is 0 Å². The van der Waals surface area contributed by atoms with Crippen LogP contribution >= 0.6 is 0 Å². The number of hydrogen-bond acceptors (Lipinski definition) is 6. The molecule has 1 aromatic rings. The molecule has 2 amide bonds. The minimum atomic E-state index is -1.72. The zero-order chi connectivity index (χ0) is 20.5. The highest BCUT2D eigenvalue weighted by atomic mass is 16.6. The Labute approximate surface area is 164 Å². The summed E-state index contributed by atoms with van der Waals surface area (Å²) < 4.78 is 10.5. The fourth-order valence-corrected chi connectivity index (χ4v) is 3.08. The molecule has 2 heterocycles. The van der Waals surface area contributed by atoms with Gasteiger partial charge in [0.05, 0.1) is 6.61 Å². The number of ether oxygens (including phenoxy) is 2. The SMILES string of the molecule is CC(C)(C)OC(=O)[C@H](O)[C@H]1OCCN(c2cccc(C(=O)N3CCC3)c2)C1=O. The highest BCUT2D eigenvalue weighted by Crippen LogP contribution is 2.24. The van der Waals surface area contributed by atoms with Crippen molar-refractivity contribution >= 4 is 23.5 Å². The van der Waals surface area contributed by atoms with Crippen LogP contribution in [0.5, 0.6) is 0 Å². The highest BCUT2D eigenvalue weighted by Gasteiger charge is 2.41. The average molecular weight is 390 g/mol. The molecule has 0 spiro atoms. The number of amides is 2. The van der Waals surface area contributed by atoms with Crippen LogP contribution in [-0.2, 0) is 19.1 Å². The minimum Gasteiger partial charge on any atom is -0.458 e. The lowest BCUT2D eigenvalue weighted by atomic mass is 10.1. The molecule has 2 fully saturated rings. The maximum atomic E-state index is 12.9. The van der Waals surface area contributed by atoms with Crippen molar-refractivity contribution in [3.8, 4) is 0 Å². The maximum absolute atomic E-state index is 12.9. The molecule has 0 aliphatic carbocycles. The smallest absolute Gasteiger partial charge is 0.338 e. The lowest BCUT2D eigenvalue weighted by molar-refractivity contribution is -0.177. The number of nitrogens with zero attached hydrogens (tertiary/aromatic N) is 2. The summed E-state index contributed by atoms with van der Waals surface area (Å²) in [6, 6.07) is 6.79. The number of likely N-dealkylation sites (tertiary alicyclic amines) is 1. The molecule has 3 rings (SSSR count). The van der Waals surface area contributed by atoms with Crippen molar-refractivity contribution in [3.63, 3.8) is 0 Å². The summed E-state index contributed by atoms with van der Waals surface area (Å²) in [7, 11) is 0. The van der Waals surface area contributed by atoms with Crippen molar-refractivity contribution < 1.29 is 29.0 Å². The molecule has 2 saturated heterocycles. The first-order chi connectivity index (χ1) is 13.2. The van der Waals surface area contributed by atoms with Crippen LogP contribution in [0.15, 0.2) is 24.3 Å². The second-order valence-electron chi connectivity index (χ2n) is 7.96. The Morgan fingerprint density at radius 1 is 1.25 bits per heavy atom. The van der Waals surface area contributed by atoms with Crippen LogP contribution in [-0.4, -0.2) is 71.8 Å². The number of rotatable bonds is 4. The Kier molecular flexibility index (Phi) is 5.71. The molecule has 0 bridgehead atoms. The summed E-state index contributed by atoms with van der Waals surface area (Å²) >= 11 is 0. The van der Waals surface area contributed by atoms with E-state index >= 15 is 0 Å². The van der Waals surface area contributed by atoms with Crippen molar-refractivity contribution in [2.24, 2.45) is 0 Å². The van der Waals surface area contributed by atoms with E-state index in [2.05, 4.69) is 0 Å². The molecule has 0 saturated carbocycles. The molecule has 2 aliphatic heterocycles. The van der Waals surface area contributed by atoms with Gasteiger partial charge in [0.1, 0.15) is 5.60 Å². The van der Waals surface area contributed by atoms with Crippen LogP contribution in [0.2, 0.25) is 0 Å². The first-order valence-corrected chi connectivity index (χ1v) is 9.40. The Hall–Kier alpha value is -2.45. The highest BCUT2D eigenvalue weighted by molar-refractivity contribution is 6.02. The minimum absolute atomic E-state index is 0.0702. The van der Waals surface area contributed by atoms with Gasteiger partial charge in [-0.25, -0.2) is 4.79 Å². The molecule has 152 valence electrons. The Balaban J connectivity index is 1.75. The number of hydrogen-bond donors (Lipinski definition) is 1. The average Bonchev–Trinajstić information content (AvgIpc) is 2.58. The van der Waals surface area contributed by atoms with E-state index in [0.29, 0.717) is 11.3 Å². The summed E-state index contributed by atoms with van der Waals surface area (Å²) in [5.41, 5.74) is 0.239. The van der Waals surface area contributed by atoms with Crippen molar-refractivity contribution in [1.29, 1.82) is 0 Å². The monoisotopic (exact) mass is 390 g/mol. The van der Waals surface area contributed by atoms with Crippen LogP contribution < -0.4 is 4.90 Å². The molecule has 8 heteroatoms. The quantitative estimate of drug-likeness (QED) is 0.770. The molecule has 8 nitrogen and oxygen atoms in total. The van der Waals surface area contributed by atoms with Gasteiger partial charge in [-0.1, -0.05) is 6.07 Å². The molecule has 1 aromatic carbocycles. The lowest BCUT2D eigenvalue weighted by Crippen LogP contribution is -2.55. The number of carbonyl (C=O) groups excluding carboxylic acids is 3. The number of aliphatic hydroxyl groups is 1. The zero-order valence-corrected chi connectivity index (χ0v) is 16.4. The lowest BCUT2D eigenvalue weighted by Gasteiger charge is -2.35. The van der Waals surface area contributed by atoms with Crippen molar-refractivity contribution in [1.82, 2.24) is 4.90 Å². The number of anilines is 1. The fourth-order valence-electron chi connectivity index (χ4n) is 3.08. The first kappa shape index (κ1) is 20.3. The Bertz CT molecular complexity index is 768. The fraction of sp³-hybridized carbons (Fsp3) is 0.550. The third-order valence-corrected chi connectivity index (χ3v) is 4.60. The molecular formula is C20H26N2O6. The topological polar surface area (TPSA) is 96.4 Å². The predicted molar refractivity (Wildman–Crippen MR) is 101 cm³/mol. The summed E-state index contributed by atoms with van der Waals surface area (Å²) in [6.07, 6.45) is -2.07. The number of morpholine rings is 1. The van der Waals surface area contributed by atoms with Gasteiger partial charge in [0.2, 0.25) is 0 Å². The van der Waals surface area contributed by atoms with Gasteiger partial charge in [-0.3, -0.25) is 9.59 Å². The molecule has 0 unspecified atom stereocenters. The van der Waals surface area contributed by atoms with Gasteiger partial charge in [-0.05, 0) is 45.4 Å². The van der Waals surface area contributed by atoms with Crippen LogP contribution in [0.1, 0.15) is 37.6 Å². The molecule has 28 heavy (non-hydrogen) atoms. The maximum Gasteiger partial charge on any atom is 0.338 e. The van der Waals surface area contributed by atoms with Gasteiger partial charge < -0.3 is 24.4 Å². The van der Waals surface area contributed by atoms with Gasteiger partial charge in [-0.2, -0.15) is 0 Å².